The number of carboxylic acid groups (broad SMARTS) is 1. The molecule has 1 fully saturated rings. The lowest BCUT2D eigenvalue weighted by atomic mass is 10.0. The largest absolute Gasteiger partial charge is 0.478 e. The van der Waals surface area contributed by atoms with E-state index >= 15 is 0 Å². The fourth-order valence-electron chi connectivity index (χ4n) is 3.90. The minimum absolute atomic E-state index is 0.142. The van der Waals surface area contributed by atoms with E-state index in [0.717, 1.165) is 36.6 Å². The first-order chi connectivity index (χ1) is 13.6. The first kappa shape index (κ1) is 18.7. The molecule has 6 nitrogen and oxygen atoms in total. The van der Waals surface area contributed by atoms with Crippen molar-refractivity contribution < 1.29 is 19.7 Å². The highest BCUT2D eigenvalue weighted by molar-refractivity contribution is 6.01. The molecule has 0 radical (unpaired) electrons. The summed E-state index contributed by atoms with van der Waals surface area (Å²) in [5.74, 6) is -1.00. The molecular weight excluding hydrogens is 356 g/mol. The molecule has 2 atom stereocenters. The molecule has 1 aliphatic rings. The zero-order valence-electron chi connectivity index (χ0n) is 15.6. The lowest BCUT2D eigenvalue weighted by Crippen LogP contribution is -2.31. The molecule has 0 unspecified atom stereocenters. The van der Waals surface area contributed by atoms with Gasteiger partial charge in [0.15, 0.2) is 0 Å². The van der Waals surface area contributed by atoms with Crippen LogP contribution in [0.3, 0.4) is 0 Å². The number of ether oxygens (including phenoxy) is 1. The number of carboxylic acids is 1. The Hall–Kier alpha value is -2.70. The summed E-state index contributed by atoms with van der Waals surface area (Å²) in [5, 5.41) is 25.6. The van der Waals surface area contributed by atoms with Gasteiger partial charge in [0.1, 0.15) is 17.7 Å². The van der Waals surface area contributed by atoms with Gasteiger partial charge in [0.2, 0.25) is 0 Å². The lowest BCUT2D eigenvalue weighted by Gasteiger charge is -2.27. The quantitative estimate of drug-likeness (QED) is 0.651. The van der Waals surface area contributed by atoms with Gasteiger partial charge in [-0.15, -0.1) is 0 Å². The molecule has 1 heterocycles. The second kappa shape index (κ2) is 8.12. The van der Waals surface area contributed by atoms with Crippen molar-refractivity contribution in [2.24, 2.45) is 0 Å². The number of carbonyl (C=O) groups is 1. The summed E-state index contributed by atoms with van der Waals surface area (Å²) in [6.07, 6.45) is 5.00. The second-order valence-electron chi connectivity index (χ2n) is 7.34. The number of nitrogens with zero attached hydrogens (tertiary/aromatic N) is 2. The van der Waals surface area contributed by atoms with Crippen LogP contribution in [-0.4, -0.2) is 38.2 Å². The number of benzene rings is 2. The molecule has 28 heavy (non-hydrogen) atoms. The number of aromatic nitrogens is 2. The molecular formula is C22H24N2O4. The monoisotopic (exact) mass is 380 g/mol. The highest BCUT2D eigenvalue weighted by atomic mass is 16.5. The van der Waals surface area contributed by atoms with Gasteiger partial charge >= 0.3 is 5.97 Å². The highest BCUT2D eigenvalue weighted by Crippen LogP contribution is 2.28. The van der Waals surface area contributed by atoms with Gasteiger partial charge in [-0.2, -0.15) is 5.10 Å². The Bertz CT molecular complexity index is 948. The van der Waals surface area contributed by atoms with Crippen LogP contribution >= 0.6 is 0 Å². The summed E-state index contributed by atoms with van der Waals surface area (Å²) < 4.78 is 7.96. The van der Waals surface area contributed by atoms with Crippen LogP contribution in [0.15, 0.2) is 54.7 Å². The Labute approximate surface area is 163 Å². The first-order valence-electron chi connectivity index (χ1n) is 9.70. The van der Waals surface area contributed by atoms with Gasteiger partial charge in [0.05, 0.1) is 18.2 Å². The van der Waals surface area contributed by atoms with Crippen molar-refractivity contribution in [1.82, 2.24) is 9.78 Å². The minimum atomic E-state index is -1.00. The molecule has 0 saturated heterocycles. The standard InChI is InChI=1S/C22H24N2O4/c25-21(15-7-2-1-3-8-15)19(28-17-10-4-5-11-17)14-24-13-16-9-6-12-18(22(26)27)20(16)23-24/h1-3,6-9,12-13,17,19,21,25H,4-5,10-11,14H2,(H,26,27)/t19-,21+/m0/s1. The van der Waals surface area contributed by atoms with Crippen LogP contribution < -0.4 is 0 Å². The van der Waals surface area contributed by atoms with Crippen LogP contribution in [0.4, 0.5) is 0 Å². The number of hydrogen-bond acceptors (Lipinski definition) is 4. The molecule has 0 spiro atoms. The van der Waals surface area contributed by atoms with Gasteiger partial charge in [-0.25, -0.2) is 4.79 Å². The molecule has 0 amide bonds. The number of aromatic carboxylic acids is 1. The third-order valence-electron chi connectivity index (χ3n) is 5.34. The summed E-state index contributed by atoms with van der Waals surface area (Å²) in [4.78, 5) is 11.5. The molecule has 146 valence electrons. The van der Waals surface area contributed by atoms with E-state index in [0.29, 0.717) is 12.1 Å². The third kappa shape index (κ3) is 3.93. The predicted octanol–water partition coefficient (Wildman–Crippen LogP) is 3.80. The van der Waals surface area contributed by atoms with E-state index in [-0.39, 0.29) is 11.7 Å². The molecule has 3 aromatic rings. The van der Waals surface area contributed by atoms with Crippen LogP contribution in [0, 0.1) is 0 Å². The maximum absolute atomic E-state index is 11.5. The Morgan fingerprint density at radius 1 is 1.14 bits per heavy atom. The fraction of sp³-hybridized carbons (Fsp3) is 0.364. The van der Waals surface area contributed by atoms with Gasteiger partial charge in [0, 0.05) is 11.6 Å². The maximum atomic E-state index is 11.5. The zero-order chi connectivity index (χ0) is 19.5. The van der Waals surface area contributed by atoms with E-state index in [1.54, 1.807) is 16.8 Å². The number of hydrogen-bond donors (Lipinski definition) is 2. The van der Waals surface area contributed by atoms with E-state index in [1.165, 1.54) is 0 Å². The van der Waals surface area contributed by atoms with Crippen LogP contribution in [0.25, 0.3) is 10.9 Å². The van der Waals surface area contributed by atoms with Crippen LogP contribution in [0.2, 0.25) is 0 Å². The highest BCUT2D eigenvalue weighted by Gasteiger charge is 2.28. The van der Waals surface area contributed by atoms with Crippen molar-refractivity contribution >= 4 is 16.9 Å². The van der Waals surface area contributed by atoms with Crippen LogP contribution in [0.1, 0.15) is 47.7 Å². The normalized spacial score (nSPS) is 17.0. The fourth-order valence-corrected chi connectivity index (χ4v) is 3.90. The molecule has 6 heteroatoms. The number of aliphatic hydroxyl groups is 1. The van der Waals surface area contributed by atoms with E-state index in [4.69, 9.17) is 4.74 Å². The third-order valence-corrected chi connectivity index (χ3v) is 5.34. The summed E-state index contributed by atoms with van der Waals surface area (Å²) in [5.41, 5.74) is 1.42. The molecule has 0 aliphatic heterocycles. The van der Waals surface area contributed by atoms with Gasteiger partial charge in [0.25, 0.3) is 0 Å². The molecule has 2 N–H and O–H groups in total. The predicted molar refractivity (Wildman–Crippen MR) is 105 cm³/mol. The average molecular weight is 380 g/mol. The number of aliphatic hydroxyl groups excluding tert-OH is 1. The minimum Gasteiger partial charge on any atom is -0.478 e. The molecule has 4 rings (SSSR count). The van der Waals surface area contributed by atoms with Crippen molar-refractivity contribution in [1.29, 1.82) is 0 Å². The Morgan fingerprint density at radius 2 is 1.89 bits per heavy atom. The topological polar surface area (TPSA) is 84.6 Å². The van der Waals surface area contributed by atoms with Gasteiger partial charge in [-0.1, -0.05) is 55.3 Å². The Balaban J connectivity index is 1.62. The Morgan fingerprint density at radius 3 is 2.61 bits per heavy atom. The summed E-state index contributed by atoms with van der Waals surface area (Å²) in [6, 6.07) is 14.6. The van der Waals surface area contributed by atoms with Gasteiger partial charge in [-0.05, 0) is 24.5 Å². The number of rotatable bonds is 7. The molecule has 1 aromatic heterocycles. The molecule has 2 aromatic carbocycles. The van der Waals surface area contributed by atoms with E-state index in [1.807, 2.05) is 42.6 Å². The molecule has 0 bridgehead atoms. The average Bonchev–Trinajstić information content (AvgIpc) is 3.36. The maximum Gasteiger partial charge on any atom is 0.337 e. The smallest absolute Gasteiger partial charge is 0.337 e. The first-order valence-corrected chi connectivity index (χ1v) is 9.70. The van der Waals surface area contributed by atoms with Crippen molar-refractivity contribution in [3.05, 3.63) is 65.9 Å². The van der Waals surface area contributed by atoms with Crippen molar-refractivity contribution in [3.63, 3.8) is 0 Å². The summed E-state index contributed by atoms with van der Waals surface area (Å²) in [6.45, 7) is 0.348. The second-order valence-corrected chi connectivity index (χ2v) is 7.34. The van der Waals surface area contributed by atoms with E-state index in [9.17, 15) is 15.0 Å². The van der Waals surface area contributed by atoms with Gasteiger partial charge < -0.3 is 14.9 Å². The van der Waals surface area contributed by atoms with Crippen LogP contribution in [0.5, 0.6) is 0 Å². The van der Waals surface area contributed by atoms with Crippen LogP contribution in [-0.2, 0) is 11.3 Å². The van der Waals surface area contributed by atoms with Gasteiger partial charge in [-0.3, -0.25) is 4.68 Å². The van der Waals surface area contributed by atoms with Crippen molar-refractivity contribution in [2.45, 2.75) is 50.5 Å². The van der Waals surface area contributed by atoms with E-state index in [2.05, 4.69) is 5.10 Å². The SMILES string of the molecule is O=C(O)c1cccc2cn(C[C@H](OC3CCCC3)[C@H](O)c3ccccc3)nc12. The van der Waals surface area contributed by atoms with E-state index < -0.39 is 18.2 Å². The van der Waals surface area contributed by atoms with Crippen molar-refractivity contribution in [3.8, 4) is 0 Å². The zero-order valence-corrected chi connectivity index (χ0v) is 15.6. The molecule has 1 saturated carbocycles. The summed E-state index contributed by atoms with van der Waals surface area (Å²) in [7, 11) is 0. The summed E-state index contributed by atoms with van der Waals surface area (Å²) >= 11 is 0. The van der Waals surface area contributed by atoms with Crippen molar-refractivity contribution in [2.75, 3.05) is 0 Å². The molecule has 1 aliphatic carbocycles. The Kier molecular flexibility index (Phi) is 5.41. The lowest BCUT2D eigenvalue weighted by molar-refractivity contribution is -0.0844. The number of fused-ring (bicyclic) bond motifs is 1.